The molecule has 0 aliphatic heterocycles. The van der Waals surface area contributed by atoms with E-state index in [-0.39, 0.29) is 23.5 Å². The number of imidazole rings is 1. The standard InChI is InChI=1S/C18H17FN6/c19-14-5-2-6-22-17(14)18-24-15-8-12(9-20)23-10-16(15)25(18)13-4-1-3-11(21)7-13/h2,5-6,8,10-11,13H,1,3-4,7,21H2. The molecule has 3 aromatic rings. The largest absolute Gasteiger partial charge is 0.328 e. The third-order valence-electron chi connectivity index (χ3n) is 4.71. The second-order valence-electron chi connectivity index (χ2n) is 6.39. The highest BCUT2D eigenvalue weighted by atomic mass is 19.1. The van der Waals surface area contributed by atoms with Gasteiger partial charge in [-0.2, -0.15) is 5.26 Å². The van der Waals surface area contributed by atoms with Gasteiger partial charge >= 0.3 is 0 Å². The van der Waals surface area contributed by atoms with E-state index in [4.69, 9.17) is 11.0 Å². The molecule has 126 valence electrons. The summed E-state index contributed by atoms with van der Waals surface area (Å²) in [5.74, 6) is 0.0386. The number of hydrogen-bond acceptors (Lipinski definition) is 5. The predicted molar refractivity (Wildman–Crippen MR) is 90.9 cm³/mol. The molecule has 0 saturated heterocycles. The van der Waals surface area contributed by atoms with Crippen molar-refractivity contribution in [3.8, 4) is 17.6 Å². The Kier molecular flexibility index (Phi) is 3.90. The first-order valence-corrected chi connectivity index (χ1v) is 8.32. The normalized spacial score (nSPS) is 20.5. The number of fused-ring (bicyclic) bond motifs is 1. The maximum Gasteiger partial charge on any atom is 0.163 e. The van der Waals surface area contributed by atoms with Gasteiger partial charge in [-0.15, -0.1) is 0 Å². The molecule has 0 spiro atoms. The average Bonchev–Trinajstić information content (AvgIpc) is 3.00. The molecule has 0 bridgehead atoms. The number of rotatable bonds is 2. The molecule has 7 heteroatoms. The zero-order valence-electron chi connectivity index (χ0n) is 13.6. The lowest BCUT2D eigenvalue weighted by molar-refractivity contribution is 0.326. The predicted octanol–water partition coefficient (Wildman–Crippen LogP) is 2.95. The summed E-state index contributed by atoms with van der Waals surface area (Å²) in [6, 6.07) is 6.79. The summed E-state index contributed by atoms with van der Waals surface area (Å²) in [5, 5.41) is 9.08. The third kappa shape index (κ3) is 2.75. The fraction of sp³-hybridized carbons (Fsp3) is 0.333. The number of pyridine rings is 2. The maximum absolute atomic E-state index is 14.4. The minimum Gasteiger partial charge on any atom is -0.328 e. The van der Waals surface area contributed by atoms with Crippen LogP contribution < -0.4 is 5.73 Å². The van der Waals surface area contributed by atoms with Crippen molar-refractivity contribution in [2.75, 3.05) is 0 Å². The first kappa shape index (κ1) is 15.7. The summed E-state index contributed by atoms with van der Waals surface area (Å²) < 4.78 is 16.4. The van der Waals surface area contributed by atoms with Crippen LogP contribution in [0.15, 0.2) is 30.6 Å². The van der Waals surface area contributed by atoms with Crippen molar-refractivity contribution >= 4 is 11.0 Å². The Labute approximate surface area is 144 Å². The highest BCUT2D eigenvalue weighted by Crippen LogP contribution is 2.35. The minimum atomic E-state index is -0.423. The molecule has 3 aromatic heterocycles. The summed E-state index contributed by atoms with van der Waals surface area (Å²) in [6.07, 6.45) is 6.93. The van der Waals surface area contributed by atoms with Crippen LogP contribution in [0.1, 0.15) is 37.4 Å². The molecule has 0 radical (unpaired) electrons. The van der Waals surface area contributed by atoms with Gasteiger partial charge in [0.1, 0.15) is 17.5 Å². The number of nitrogens with zero attached hydrogens (tertiary/aromatic N) is 5. The van der Waals surface area contributed by atoms with Crippen molar-refractivity contribution < 1.29 is 4.39 Å². The molecule has 4 rings (SSSR count). The zero-order chi connectivity index (χ0) is 17.4. The molecule has 25 heavy (non-hydrogen) atoms. The van der Waals surface area contributed by atoms with Gasteiger partial charge in [-0.25, -0.2) is 19.3 Å². The van der Waals surface area contributed by atoms with E-state index >= 15 is 0 Å². The van der Waals surface area contributed by atoms with Crippen LogP contribution in [0.4, 0.5) is 4.39 Å². The van der Waals surface area contributed by atoms with Gasteiger partial charge in [0.2, 0.25) is 0 Å². The van der Waals surface area contributed by atoms with E-state index in [1.54, 1.807) is 24.5 Å². The molecule has 1 aliphatic rings. The van der Waals surface area contributed by atoms with Crippen molar-refractivity contribution in [3.05, 3.63) is 42.1 Å². The Morgan fingerprint density at radius 1 is 1.32 bits per heavy atom. The number of nitrogens with two attached hydrogens (primary N) is 1. The van der Waals surface area contributed by atoms with Crippen LogP contribution in [0.2, 0.25) is 0 Å². The Morgan fingerprint density at radius 3 is 2.96 bits per heavy atom. The Morgan fingerprint density at radius 2 is 2.20 bits per heavy atom. The molecule has 2 atom stereocenters. The van der Waals surface area contributed by atoms with E-state index in [0.717, 1.165) is 31.2 Å². The molecule has 1 fully saturated rings. The third-order valence-corrected chi connectivity index (χ3v) is 4.71. The zero-order valence-corrected chi connectivity index (χ0v) is 13.6. The Bertz CT molecular complexity index is 973. The highest BCUT2D eigenvalue weighted by Gasteiger charge is 2.27. The number of nitriles is 1. The lowest BCUT2D eigenvalue weighted by Crippen LogP contribution is -2.29. The van der Waals surface area contributed by atoms with E-state index in [1.165, 1.54) is 6.07 Å². The van der Waals surface area contributed by atoms with E-state index < -0.39 is 5.82 Å². The second kappa shape index (κ2) is 6.22. The van der Waals surface area contributed by atoms with Gasteiger partial charge in [-0.1, -0.05) is 0 Å². The maximum atomic E-state index is 14.4. The van der Waals surface area contributed by atoms with Gasteiger partial charge in [-0.05, 0) is 37.8 Å². The first-order valence-electron chi connectivity index (χ1n) is 8.32. The molecule has 2 unspecified atom stereocenters. The topological polar surface area (TPSA) is 93.4 Å². The van der Waals surface area contributed by atoms with Gasteiger partial charge in [0.25, 0.3) is 0 Å². The monoisotopic (exact) mass is 336 g/mol. The molecule has 0 aromatic carbocycles. The van der Waals surface area contributed by atoms with Crippen molar-refractivity contribution in [2.45, 2.75) is 37.8 Å². The van der Waals surface area contributed by atoms with E-state index in [1.807, 2.05) is 10.6 Å². The van der Waals surface area contributed by atoms with E-state index in [0.29, 0.717) is 11.3 Å². The molecular formula is C18H17FN6. The van der Waals surface area contributed by atoms with Crippen LogP contribution in [0.5, 0.6) is 0 Å². The lowest BCUT2D eigenvalue weighted by Gasteiger charge is -2.29. The van der Waals surface area contributed by atoms with Crippen LogP contribution in [0.25, 0.3) is 22.6 Å². The average molecular weight is 336 g/mol. The summed E-state index contributed by atoms with van der Waals surface area (Å²) in [4.78, 5) is 12.9. The van der Waals surface area contributed by atoms with E-state index in [2.05, 4.69) is 15.0 Å². The quantitative estimate of drug-likeness (QED) is 0.776. The smallest absolute Gasteiger partial charge is 0.163 e. The summed E-state index contributed by atoms with van der Waals surface area (Å²) >= 11 is 0. The number of aromatic nitrogens is 4. The van der Waals surface area contributed by atoms with Crippen molar-refractivity contribution in [2.24, 2.45) is 5.73 Å². The SMILES string of the molecule is N#Cc1cc2nc(-c3ncccc3F)n(C3CCCC(N)C3)c2cn1. The highest BCUT2D eigenvalue weighted by molar-refractivity contribution is 5.80. The summed E-state index contributed by atoms with van der Waals surface area (Å²) in [7, 11) is 0. The van der Waals surface area contributed by atoms with Gasteiger partial charge in [0.05, 0.1) is 17.2 Å². The van der Waals surface area contributed by atoms with Gasteiger partial charge < -0.3 is 10.3 Å². The molecule has 6 nitrogen and oxygen atoms in total. The fourth-order valence-electron chi connectivity index (χ4n) is 3.58. The molecule has 3 heterocycles. The Balaban J connectivity index is 1.95. The van der Waals surface area contributed by atoms with Crippen LogP contribution in [0.3, 0.4) is 0 Å². The Hall–Kier alpha value is -2.85. The molecular weight excluding hydrogens is 319 g/mol. The number of hydrogen-bond donors (Lipinski definition) is 1. The van der Waals surface area contributed by atoms with Gasteiger partial charge in [0.15, 0.2) is 11.6 Å². The van der Waals surface area contributed by atoms with Crippen LogP contribution in [-0.2, 0) is 0 Å². The molecule has 0 amide bonds. The van der Waals surface area contributed by atoms with Crippen molar-refractivity contribution in [1.29, 1.82) is 5.26 Å². The first-order chi connectivity index (χ1) is 12.2. The van der Waals surface area contributed by atoms with Crippen molar-refractivity contribution in [1.82, 2.24) is 19.5 Å². The lowest BCUT2D eigenvalue weighted by atomic mass is 9.91. The second-order valence-corrected chi connectivity index (χ2v) is 6.39. The minimum absolute atomic E-state index is 0.111. The summed E-state index contributed by atoms with van der Waals surface area (Å²) in [6.45, 7) is 0. The van der Waals surface area contributed by atoms with Crippen LogP contribution >= 0.6 is 0 Å². The van der Waals surface area contributed by atoms with Crippen molar-refractivity contribution in [3.63, 3.8) is 0 Å². The molecule has 2 N–H and O–H groups in total. The molecule has 1 aliphatic carbocycles. The summed E-state index contributed by atoms with van der Waals surface area (Å²) in [5.41, 5.74) is 8.04. The fourth-order valence-corrected chi connectivity index (χ4v) is 3.58. The van der Waals surface area contributed by atoms with Crippen LogP contribution in [0, 0.1) is 17.1 Å². The van der Waals surface area contributed by atoms with Gasteiger partial charge in [0, 0.05) is 24.3 Å². The van der Waals surface area contributed by atoms with Crippen LogP contribution in [-0.4, -0.2) is 25.6 Å². The van der Waals surface area contributed by atoms with Gasteiger partial charge in [-0.3, -0.25) is 0 Å². The molecule has 1 saturated carbocycles. The van der Waals surface area contributed by atoms with E-state index in [9.17, 15) is 4.39 Å². The number of halogens is 1.